The monoisotopic (exact) mass is 377 g/mol. The van der Waals surface area contributed by atoms with Crippen LogP contribution in [-0.4, -0.2) is 54.1 Å². The Morgan fingerprint density at radius 2 is 2.07 bits per heavy atom. The quantitative estimate of drug-likeness (QED) is 0.493. The third kappa shape index (κ3) is 3.00. The molecule has 5 rings (SSSR count). The maximum absolute atomic E-state index is 9.29. The molecule has 0 unspecified atom stereocenters. The molecular weight excluding hydrogens is 354 g/mol. The van der Waals surface area contributed by atoms with Crippen LogP contribution in [0.4, 0.5) is 0 Å². The first-order valence-electron chi connectivity index (χ1n) is 9.73. The maximum atomic E-state index is 9.29. The van der Waals surface area contributed by atoms with Gasteiger partial charge in [-0.05, 0) is 12.5 Å². The fourth-order valence-corrected chi connectivity index (χ4v) is 3.76. The zero-order valence-corrected chi connectivity index (χ0v) is 15.6. The highest BCUT2D eigenvalue weighted by Gasteiger charge is 2.20. The lowest BCUT2D eigenvalue weighted by Gasteiger charge is -2.02. The number of fused-ring (bicyclic) bond motifs is 2. The number of nitrogens with zero attached hydrogens (tertiary/aromatic N) is 5. The number of aliphatic hydroxyl groups excluding tert-OH is 1. The van der Waals surface area contributed by atoms with E-state index in [0.717, 1.165) is 59.9 Å². The summed E-state index contributed by atoms with van der Waals surface area (Å²) in [6, 6.07) is 8.14. The maximum Gasteiger partial charge on any atom is 0.183 e. The molecule has 0 fully saturated rings. The first kappa shape index (κ1) is 17.2. The zero-order chi connectivity index (χ0) is 18.9. The molecule has 4 heterocycles. The van der Waals surface area contributed by atoms with Gasteiger partial charge >= 0.3 is 0 Å². The minimum absolute atomic E-state index is 0.118. The van der Waals surface area contributed by atoms with E-state index in [1.54, 1.807) is 0 Å². The van der Waals surface area contributed by atoms with Crippen molar-refractivity contribution in [2.45, 2.75) is 25.9 Å². The second kappa shape index (κ2) is 7.21. The Balaban J connectivity index is 1.59. The van der Waals surface area contributed by atoms with E-state index in [1.165, 1.54) is 0 Å². The smallest absolute Gasteiger partial charge is 0.183 e. The van der Waals surface area contributed by atoms with Crippen molar-refractivity contribution in [3.05, 3.63) is 42.5 Å². The number of benzene rings is 1. The third-order valence-corrected chi connectivity index (χ3v) is 5.17. The average Bonchev–Trinajstić information content (AvgIpc) is 3.39. The molecule has 0 spiro atoms. The molecule has 8 heteroatoms. The Hall–Kier alpha value is -2.97. The molecule has 3 N–H and O–H groups in total. The summed E-state index contributed by atoms with van der Waals surface area (Å²) in [7, 11) is 0. The minimum Gasteiger partial charge on any atom is -0.396 e. The Kier molecular flexibility index (Phi) is 4.42. The molecular formula is C20H23N7O. The van der Waals surface area contributed by atoms with Crippen LogP contribution in [0.1, 0.15) is 12.2 Å². The molecule has 1 aromatic carbocycles. The zero-order valence-electron chi connectivity index (χ0n) is 15.6. The number of rotatable bonds is 5. The Morgan fingerprint density at radius 1 is 1.14 bits per heavy atom. The predicted octanol–water partition coefficient (Wildman–Crippen LogP) is 1.82. The summed E-state index contributed by atoms with van der Waals surface area (Å²) in [6.45, 7) is 3.51. The number of H-pyrrole nitrogens is 1. The second-order valence-electron chi connectivity index (χ2n) is 7.04. The van der Waals surface area contributed by atoms with Crippen LogP contribution in [-0.2, 0) is 19.5 Å². The SMILES string of the molecule is OCCCn1nc(-c2c[nH]c3ccccc23)nc1-c1cn2c(n1)CCNCC2. The summed E-state index contributed by atoms with van der Waals surface area (Å²) in [5.41, 5.74) is 2.88. The molecule has 0 saturated heterocycles. The predicted molar refractivity (Wildman–Crippen MR) is 107 cm³/mol. The van der Waals surface area contributed by atoms with Gasteiger partial charge in [0.1, 0.15) is 11.5 Å². The summed E-state index contributed by atoms with van der Waals surface area (Å²) in [4.78, 5) is 13.0. The van der Waals surface area contributed by atoms with Gasteiger partial charge in [-0.25, -0.2) is 14.6 Å². The van der Waals surface area contributed by atoms with E-state index in [1.807, 2.05) is 29.1 Å². The lowest BCUT2D eigenvalue weighted by atomic mass is 10.2. The van der Waals surface area contributed by atoms with Crippen LogP contribution in [0.3, 0.4) is 0 Å². The molecule has 8 nitrogen and oxygen atoms in total. The molecule has 4 aromatic rings. The summed E-state index contributed by atoms with van der Waals surface area (Å²) in [5.74, 6) is 2.50. The topological polar surface area (TPSA) is 96.6 Å². The molecule has 0 atom stereocenters. The molecule has 0 bridgehead atoms. The lowest BCUT2D eigenvalue weighted by Crippen LogP contribution is -2.17. The molecule has 0 amide bonds. The molecule has 1 aliphatic rings. The van der Waals surface area contributed by atoms with Gasteiger partial charge in [-0.1, -0.05) is 18.2 Å². The number of aliphatic hydroxyl groups is 1. The number of aromatic amines is 1. The standard InChI is InChI=1S/C20H23N7O/c28-11-3-9-27-20(17-13-26-10-8-21-7-6-18(26)23-17)24-19(25-27)15-12-22-16-5-2-1-4-14(15)16/h1-2,4-5,12-13,21-22,28H,3,6-11H2. The van der Waals surface area contributed by atoms with Gasteiger partial charge in [-0.2, -0.15) is 5.10 Å². The van der Waals surface area contributed by atoms with Gasteiger partial charge in [0.15, 0.2) is 11.6 Å². The summed E-state index contributed by atoms with van der Waals surface area (Å²) >= 11 is 0. The van der Waals surface area contributed by atoms with Crippen LogP contribution in [0.5, 0.6) is 0 Å². The fourth-order valence-electron chi connectivity index (χ4n) is 3.76. The van der Waals surface area contributed by atoms with Crippen LogP contribution >= 0.6 is 0 Å². The number of nitrogens with one attached hydrogen (secondary N) is 2. The van der Waals surface area contributed by atoms with Crippen molar-refractivity contribution in [3.63, 3.8) is 0 Å². The van der Waals surface area contributed by atoms with Gasteiger partial charge in [0, 0.05) is 68.1 Å². The lowest BCUT2D eigenvalue weighted by molar-refractivity contribution is 0.277. The molecule has 0 aliphatic carbocycles. The van der Waals surface area contributed by atoms with Crippen molar-refractivity contribution in [1.82, 2.24) is 34.6 Å². The molecule has 3 aromatic heterocycles. The second-order valence-corrected chi connectivity index (χ2v) is 7.04. The van der Waals surface area contributed by atoms with E-state index in [9.17, 15) is 5.11 Å². The number of aryl methyl sites for hydroxylation is 1. The average molecular weight is 377 g/mol. The Labute approximate surface area is 162 Å². The van der Waals surface area contributed by atoms with E-state index >= 15 is 0 Å². The van der Waals surface area contributed by atoms with Crippen molar-refractivity contribution in [2.75, 3.05) is 19.7 Å². The summed E-state index contributed by atoms with van der Waals surface area (Å²) in [5, 5.41) is 18.5. The molecule has 1 aliphatic heterocycles. The van der Waals surface area contributed by atoms with Crippen LogP contribution < -0.4 is 5.32 Å². The van der Waals surface area contributed by atoms with Crippen LogP contribution in [0.15, 0.2) is 36.7 Å². The van der Waals surface area contributed by atoms with Gasteiger partial charge in [0.05, 0.1) is 0 Å². The van der Waals surface area contributed by atoms with Gasteiger partial charge in [0.2, 0.25) is 0 Å². The molecule has 0 saturated carbocycles. The highest BCUT2D eigenvalue weighted by atomic mass is 16.3. The Morgan fingerprint density at radius 3 is 3.00 bits per heavy atom. The molecule has 144 valence electrons. The molecule has 28 heavy (non-hydrogen) atoms. The van der Waals surface area contributed by atoms with Crippen LogP contribution in [0, 0.1) is 0 Å². The van der Waals surface area contributed by atoms with E-state index in [4.69, 9.17) is 15.1 Å². The van der Waals surface area contributed by atoms with E-state index < -0.39 is 0 Å². The normalized spacial score (nSPS) is 14.3. The first-order chi connectivity index (χ1) is 13.8. The van der Waals surface area contributed by atoms with Crippen LogP contribution in [0.25, 0.3) is 33.8 Å². The number of aromatic nitrogens is 6. The first-order valence-corrected chi connectivity index (χ1v) is 9.73. The number of para-hydroxylation sites is 1. The van der Waals surface area contributed by atoms with Gasteiger partial charge in [-0.3, -0.25) is 0 Å². The van der Waals surface area contributed by atoms with Gasteiger partial charge in [-0.15, -0.1) is 0 Å². The summed E-state index contributed by atoms with van der Waals surface area (Å²) < 4.78 is 4.07. The third-order valence-electron chi connectivity index (χ3n) is 5.17. The number of hydrogen-bond acceptors (Lipinski definition) is 5. The van der Waals surface area contributed by atoms with Gasteiger partial charge < -0.3 is 20.0 Å². The minimum atomic E-state index is 0.118. The number of imidazole rings is 1. The number of hydrogen-bond donors (Lipinski definition) is 3. The fraction of sp³-hybridized carbons (Fsp3) is 0.350. The van der Waals surface area contributed by atoms with E-state index in [-0.39, 0.29) is 6.61 Å². The van der Waals surface area contributed by atoms with Crippen molar-refractivity contribution < 1.29 is 5.11 Å². The highest BCUT2D eigenvalue weighted by molar-refractivity contribution is 5.93. The van der Waals surface area contributed by atoms with Crippen molar-refractivity contribution in [3.8, 4) is 22.9 Å². The van der Waals surface area contributed by atoms with E-state index in [2.05, 4.69) is 27.1 Å². The van der Waals surface area contributed by atoms with Crippen molar-refractivity contribution >= 4 is 10.9 Å². The van der Waals surface area contributed by atoms with E-state index in [0.29, 0.717) is 18.8 Å². The van der Waals surface area contributed by atoms with Crippen LogP contribution in [0.2, 0.25) is 0 Å². The van der Waals surface area contributed by atoms with Crippen molar-refractivity contribution in [2.24, 2.45) is 0 Å². The molecule has 0 radical (unpaired) electrons. The summed E-state index contributed by atoms with van der Waals surface area (Å²) in [6.07, 6.45) is 5.55. The van der Waals surface area contributed by atoms with Crippen molar-refractivity contribution in [1.29, 1.82) is 0 Å². The highest BCUT2D eigenvalue weighted by Crippen LogP contribution is 2.28. The van der Waals surface area contributed by atoms with Gasteiger partial charge in [0.25, 0.3) is 0 Å². The Bertz CT molecular complexity index is 1080. The largest absolute Gasteiger partial charge is 0.396 e.